The molecule has 2 N–H and O–H groups in total. The standard InChI is InChI=1S/C16H20N2O/c1-11(2)18-15(9-8-14(10-17)16(18)19)13-6-4-12(3)5-7-13/h4-9,11H,10,17H2,1-3H3. The Bertz CT molecular complexity index is 624. The van der Waals surface area contributed by atoms with Crippen molar-refractivity contribution >= 4 is 0 Å². The Balaban J connectivity index is 2.67. The van der Waals surface area contributed by atoms with Crippen LogP contribution in [0.4, 0.5) is 0 Å². The van der Waals surface area contributed by atoms with Gasteiger partial charge in [0.15, 0.2) is 0 Å². The van der Waals surface area contributed by atoms with Crippen molar-refractivity contribution in [2.24, 2.45) is 5.73 Å². The molecule has 0 saturated heterocycles. The quantitative estimate of drug-likeness (QED) is 0.918. The molecule has 0 amide bonds. The van der Waals surface area contributed by atoms with Gasteiger partial charge in [-0.2, -0.15) is 0 Å². The van der Waals surface area contributed by atoms with Crippen molar-refractivity contribution in [2.75, 3.05) is 0 Å². The van der Waals surface area contributed by atoms with Gasteiger partial charge in [-0.25, -0.2) is 0 Å². The molecule has 0 saturated carbocycles. The number of aryl methyl sites for hydroxylation is 1. The lowest BCUT2D eigenvalue weighted by Gasteiger charge is -2.18. The highest BCUT2D eigenvalue weighted by Crippen LogP contribution is 2.21. The van der Waals surface area contributed by atoms with Crippen LogP contribution in [0, 0.1) is 6.92 Å². The van der Waals surface area contributed by atoms with E-state index in [-0.39, 0.29) is 18.1 Å². The van der Waals surface area contributed by atoms with Crippen LogP contribution in [0.25, 0.3) is 11.3 Å². The van der Waals surface area contributed by atoms with Crippen LogP contribution in [0.1, 0.15) is 31.0 Å². The van der Waals surface area contributed by atoms with Gasteiger partial charge in [0.1, 0.15) is 0 Å². The molecule has 0 aliphatic rings. The molecule has 2 rings (SSSR count). The van der Waals surface area contributed by atoms with Crippen LogP contribution in [-0.4, -0.2) is 4.57 Å². The summed E-state index contributed by atoms with van der Waals surface area (Å²) in [7, 11) is 0. The number of benzene rings is 1. The number of pyridine rings is 1. The summed E-state index contributed by atoms with van der Waals surface area (Å²) in [5.74, 6) is 0. The Kier molecular flexibility index (Phi) is 3.86. The van der Waals surface area contributed by atoms with Crippen molar-refractivity contribution < 1.29 is 0 Å². The molecule has 0 aliphatic heterocycles. The van der Waals surface area contributed by atoms with Crippen LogP contribution in [0.3, 0.4) is 0 Å². The summed E-state index contributed by atoms with van der Waals surface area (Å²) in [5, 5.41) is 0. The smallest absolute Gasteiger partial charge is 0.255 e. The van der Waals surface area contributed by atoms with E-state index in [1.165, 1.54) is 5.56 Å². The summed E-state index contributed by atoms with van der Waals surface area (Å²) in [5.41, 5.74) is 9.49. The van der Waals surface area contributed by atoms with Gasteiger partial charge < -0.3 is 10.3 Å². The van der Waals surface area contributed by atoms with E-state index in [2.05, 4.69) is 19.1 Å². The second-order valence-corrected chi connectivity index (χ2v) is 5.08. The number of nitrogens with two attached hydrogens (primary N) is 1. The molecule has 0 unspecified atom stereocenters. The van der Waals surface area contributed by atoms with E-state index in [1.807, 2.05) is 42.7 Å². The SMILES string of the molecule is Cc1ccc(-c2ccc(CN)c(=O)n2C(C)C)cc1. The first-order valence-electron chi connectivity index (χ1n) is 6.56. The summed E-state index contributed by atoms with van der Waals surface area (Å²) in [6, 6.07) is 12.1. The summed E-state index contributed by atoms with van der Waals surface area (Å²) < 4.78 is 1.81. The molecular weight excluding hydrogens is 236 g/mol. The molecule has 0 bridgehead atoms. The summed E-state index contributed by atoms with van der Waals surface area (Å²) in [6.07, 6.45) is 0. The Labute approximate surface area is 113 Å². The van der Waals surface area contributed by atoms with Gasteiger partial charge in [-0.05, 0) is 32.4 Å². The van der Waals surface area contributed by atoms with Gasteiger partial charge in [-0.3, -0.25) is 4.79 Å². The molecule has 0 spiro atoms. The monoisotopic (exact) mass is 256 g/mol. The molecule has 3 heteroatoms. The molecular formula is C16H20N2O. The third-order valence-electron chi connectivity index (χ3n) is 3.28. The second kappa shape index (κ2) is 5.41. The van der Waals surface area contributed by atoms with Crippen LogP contribution in [0.15, 0.2) is 41.2 Å². The normalized spacial score (nSPS) is 11.0. The highest BCUT2D eigenvalue weighted by atomic mass is 16.1. The lowest BCUT2D eigenvalue weighted by molar-refractivity contribution is 0.580. The third-order valence-corrected chi connectivity index (χ3v) is 3.28. The van der Waals surface area contributed by atoms with Crippen LogP contribution < -0.4 is 11.3 Å². The van der Waals surface area contributed by atoms with Crippen molar-refractivity contribution in [3.63, 3.8) is 0 Å². The maximum atomic E-state index is 12.4. The van der Waals surface area contributed by atoms with E-state index in [1.54, 1.807) is 0 Å². The summed E-state index contributed by atoms with van der Waals surface area (Å²) in [4.78, 5) is 12.4. The average molecular weight is 256 g/mol. The molecule has 2 aromatic rings. The van der Waals surface area contributed by atoms with Crippen LogP contribution in [0.5, 0.6) is 0 Å². The van der Waals surface area contributed by atoms with Crippen LogP contribution in [0.2, 0.25) is 0 Å². The Hall–Kier alpha value is -1.87. The molecule has 0 fully saturated rings. The Morgan fingerprint density at radius 3 is 2.26 bits per heavy atom. The van der Waals surface area contributed by atoms with Gasteiger partial charge in [-0.15, -0.1) is 0 Å². The van der Waals surface area contributed by atoms with Crippen molar-refractivity contribution in [1.29, 1.82) is 0 Å². The van der Waals surface area contributed by atoms with E-state index in [9.17, 15) is 4.79 Å². The van der Waals surface area contributed by atoms with Crippen LogP contribution >= 0.6 is 0 Å². The number of hydrogen-bond donors (Lipinski definition) is 1. The first-order valence-corrected chi connectivity index (χ1v) is 6.56. The number of rotatable bonds is 3. The largest absolute Gasteiger partial charge is 0.326 e. The van der Waals surface area contributed by atoms with Gasteiger partial charge in [0.2, 0.25) is 0 Å². The molecule has 100 valence electrons. The fourth-order valence-corrected chi connectivity index (χ4v) is 2.22. The van der Waals surface area contributed by atoms with Crippen molar-refractivity contribution in [2.45, 2.75) is 33.4 Å². The predicted molar refractivity (Wildman–Crippen MR) is 79.2 cm³/mol. The van der Waals surface area contributed by atoms with Gasteiger partial charge >= 0.3 is 0 Å². The summed E-state index contributed by atoms with van der Waals surface area (Å²) in [6.45, 7) is 6.36. The molecule has 1 aromatic heterocycles. The second-order valence-electron chi connectivity index (χ2n) is 5.08. The van der Waals surface area contributed by atoms with Crippen LogP contribution in [-0.2, 0) is 6.54 Å². The highest BCUT2D eigenvalue weighted by molar-refractivity contribution is 5.60. The fourth-order valence-electron chi connectivity index (χ4n) is 2.22. The molecule has 3 nitrogen and oxygen atoms in total. The molecule has 1 aromatic carbocycles. The van der Waals surface area contributed by atoms with Gasteiger partial charge in [-0.1, -0.05) is 35.9 Å². The highest BCUT2D eigenvalue weighted by Gasteiger charge is 2.12. The lowest BCUT2D eigenvalue weighted by atomic mass is 10.1. The van der Waals surface area contributed by atoms with E-state index >= 15 is 0 Å². The van der Waals surface area contributed by atoms with Crippen molar-refractivity contribution in [1.82, 2.24) is 4.57 Å². The first kappa shape index (κ1) is 13.6. The number of nitrogens with zero attached hydrogens (tertiary/aromatic N) is 1. The summed E-state index contributed by atoms with van der Waals surface area (Å²) >= 11 is 0. The molecule has 0 aliphatic carbocycles. The van der Waals surface area contributed by atoms with E-state index in [4.69, 9.17) is 5.73 Å². The molecule has 19 heavy (non-hydrogen) atoms. The first-order chi connectivity index (χ1) is 9.04. The maximum absolute atomic E-state index is 12.4. The zero-order valence-electron chi connectivity index (χ0n) is 11.7. The van der Waals surface area contributed by atoms with Gasteiger partial charge in [0, 0.05) is 18.2 Å². The number of hydrogen-bond acceptors (Lipinski definition) is 2. The van der Waals surface area contributed by atoms with Gasteiger partial charge in [0.05, 0.1) is 5.69 Å². The zero-order valence-corrected chi connectivity index (χ0v) is 11.7. The molecule has 0 atom stereocenters. The minimum Gasteiger partial charge on any atom is -0.326 e. The Morgan fingerprint density at radius 1 is 1.11 bits per heavy atom. The lowest BCUT2D eigenvalue weighted by Crippen LogP contribution is -2.27. The minimum atomic E-state index is 0.00979. The number of aromatic nitrogens is 1. The topological polar surface area (TPSA) is 48.0 Å². The van der Waals surface area contributed by atoms with E-state index < -0.39 is 0 Å². The maximum Gasteiger partial charge on any atom is 0.255 e. The minimum absolute atomic E-state index is 0.00979. The molecule has 0 radical (unpaired) electrons. The predicted octanol–water partition coefficient (Wildman–Crippen LogP) is 2.86. The molecule has 1 heterocycles. The van der Waals surface area contributed by atoms with Crippen molar-refractivity contribution in [3.8, 4) is 11.3 Å². The van der Waals surface area contributed by atoms with E-state index in [0.717, 1.165) is 11.3 Å². The third kappa shape index (κ3) is 2.61. The zero-order chi connectivity index (χ0) is 14.0. The van der Waals surface area contributed by atoms with Gasteiger partial charge in [0.25, 0.3) is 5.56 Å². The van der Waals surface area contributed by atoms with Crippen molar-refractivity contribution in [3.05, 3.63) is 57.9 Å². The Morgan fingerprint density at radius 2 is 1.74 bits per heavy atom. The average Bonchev–Trinajstić information content (AvgIpc) is 2.38. The fraction of sp³-hybridized carbons (Fsp3) is 0.312. The van der Waals surface area contributed by atoms with E-state index in [0.29, 0.717) is 5.56 Å².